The largest absolute Gasteiger partial charge is 0.313 e. The van der Waals surface area contributed by atoms with Gasteiger partial charge in [-0.05, 0) is 44.4 Å². The van der Waals surface area contributed by atoms with Gasteiger partial charge in [0.25, 0.3) is 0 Å². The molecule has 1 aliphatic carbocycles. The first kappa shape index (κ1) is 11.0. The van der Waals surface area contributed by atoms with Crippen LogP contribution in [0.4, 0.5) is 0 Å². The Labute approximate surface area is 102 Å². The fraction of sp³-hybridized carbons (Fsp3) is 0.533. The van der Waals surface area contributed by atoms with E-state index >= 15 is 0 Å². The fourth-order valence-electron chi connectivity index (χ4n) is 3.17. The van der Waals surface area contributed by atoms with Gasteiger partial charge in [0, 0.05) is 17.5 Å². The molecule has 0 spiro atoms. The van der Waals surface area contributed by atoms with Gasteiger partial charge in [-0.3, -0.25) is 4.79 Å². The van der Waals surface area contributed by atoms with Gasteiger partial charge in [-0.2, -0.15) is 0 Å². The highest BCUT2D eigenvalue weighted by Crippen LogP contribution is 2.31. The van der Waals surface area contributed by atoms with Crippen LogP contribution in [0.3, 0.4) is 0 Å². The third-order valence-electron chi connectivity index (χ3n) is 4.14. The molecule has 1 N–H and O–H groups in total. The molecule has 0 aromatic heterocycles. The van der Waals surface area contributed by atoms with Crippen LogP contribution in [0.1, 0.15) is 40.7 Å². The number of aryl methyl sites for hydroxylation is 1. The van der Waals surface area contributed by atoms with Gasteiger partial charge in [0.2, 0.25) is 0 Å². The van der Waals surface area contributed by atoms with Crippen LogP contribution in [-0.2, 0) is 6.42 Å². The lowest BCUT2D eigenvalue weighted by Crippen LogP contribution is -2.42. The van der Waals surface area contributed by atoms with Crippen LogP contribution in [0, 0.1) is 12.8 Å². The van der Waals surface area contributed by atoms with Gasteiger partial charge in [0.15, 0.2) is 5.78 Å². The van der Waals surface area contributed by atoms with Crippen molar-refractivity contribution in [1.82, 2.24) is 5.32 Å². The number of hydrogen-bond donors (Lipinski definition) is 1. The zero-order valence-electron chi connectivity index (χ0n) is 10.3. The monoisotopic (exact) mass is 229 g/mol. The average Bonchev–Trinajstić information content (AvgIpc) is 2.68. The number of carbonyl (C=O) groups is 1. The number of benzene rings is 1. The van der Waals surface area contributed by atoms with Gasteiger partial charge in [0.1, 0.15) is 0 Å². The molecule has 2 unspecified atom stereocenters. The lowest BCUT2D eigenvalue weighted by atomic mass is 9.89. The van der Waals surface area contributed by atoms with Gasteiger partial charge in [-0.15, -0.1) is 0 Å². The van der Waals surface area contributed by atoms with Crippen molar-refractivity contribution in [2.24, 2.45) is 5.92 Å². The van der Waals surface area contributed by atoms with E-state index in [2.05, 4.69) is 30.4 Å². The van der Waals surface area contributed by atoms with E-state index in [0.29, 0.717) is 11.8 Å². The van der Waals surface area contributed by atoms with Crippen LogP contribution in [0.15, 0.2) is 18.2 Å². The number of rotatable bonds is 1. The molecule has 2 nitrogen and oxygen atoms in total. The predicted octanol–water partition coefficient (Wildman–Crippen LogP) is 2.49. The molecule has 2 heteroatoms. The van der Waals surface area contributed by atoms with Gasteiger partial charge in [0.05, 0.1) is 0 Å². The van der Waals surface area contributed by atoms with Crippen molar-refractivity contribution in [3.63, 3.8) is 0 Å². The number of hydrogen-bond acceptors (Lipinski definition) is 2. The number of fused-ring (bicyclic) bond motifs is 1. The zero-order valence-corrected chi connectivity index (χ0v) is 10.3. The van der Waals surface area contributed by atoms with E-state index in [0.717, 1.165) is 24.9 Å². The van der Waals surface area contributed by atoms with Crippen molar-refractivity contribution in [2.75, 3.05) is 6.54 Å². The van der Waals surface area contributed by atoms with Gasteiger partial charge in [-0.25, -0.2) is 0 Å². The number of piperidine rings is 1. The summed E-state index contributed by atoms with van der Waals surface area (Å²) in [5, 5.41) is 3.52. The molecule has 0 amide bonds. The SMILES string of the molecule is Cc1ccc2c(c1)C(=O)C(C1CCCCN1)C2. The summed E-state index contributed by atoms with van der Waals surface area (Å²) >= 11 is 0. The van der Waals surface area contributed by atoms with Crippen molar-refractivity contribution < 1.29 is 4.79 Å². The Morgan fingerprint density at radius 1 is 1.29 bits per heavy atom. The van der Waals surface area contributed by atoms with Crippen molar-refractivity contribution >= 4 is 5.78 Å². The van der Waals surface area contributed by atoms with Crippen molar-refractivity contribution in [3.05, 3.63) is 34.9 Å². The molecule has 1 heterocycles. The number of ketones is 1. The average molecular weight is 229 g/mol. The third-order valence-corrected chi connectivity index (χ3v) is 4.14. The Balaban J connectivity index is 1.85. The topological polar surface area (TPSA) is 29.1 Å². The molecular weight excluding hydrogens is 210 g/mol. The third kappa shape index (κ3) is 1.91. The Kier molecular flexibility index (Phi) is 2.75. The molecule has 3 rings (SSSR count). The van der Waals surface area contributed by atoms with Crippen molar-refractivity contribution in [3.8, 4) is 0 Å². The highest BCUT2D eigenvalue weighted by molar-refractivity contribution is 6.02. The lowest BCUT2D eigenvalue weighted by molar-refractivity contribution is 0.0898. The Morgan fingerprint density at radius 3 is 2.94 bits per heavy atom. The predicted molar refractivity (Wildman–Crippen MR) is 68.3 cm³/mol. The summed E-state index contributed by atoms with van der Waals surface area (Å²) in [7, 11) is 0. The number of Topliss-reactive ketones (excluding diaryl/α,β-unsaturated/α-hetero) is 1. The molecule has 0 saturated carbocycles. The van der Waals surface area contributed by atoms with E-state index in [4.69, 9.17) is 0 Å². The molecule has 1 aliphatic heterocycles. The van der Waals surface area contributed by atoms with Crippen LogP contribution in [-0.4, -0.2) is 18.4 Å². The second kappa shape index (κ2) is 4.26. The highest BCUT2D eigenvalue weighted by Gasteiger charge is 2.36. The molecule has 1 saturated heterocycles. The first-order chi connectivity index (χ1) is 8.25. The van der Waals surface area contributed by atoms with E-state index < -0.39 is 0 Å². The zero-order chi connectivity index (χ0) is 11.8. The van der Waals surface area contributed by atoms with Crippen LogP contribution in [0.25, 0.3) is 0 Å². The van der Waals surface area contributed by atoms with Crippen LogP contribution < -0.4 is 5.32 Å². The van der Waals surface area contributed by atoms with Crippen LogP contribution >= 0.6 is 0 Å². The summed E-state index contributed by atoms with van der Waals surface area (Å²) in [5.41, 5.74) is 3.41. The standard InChI is InChI=1S/C15H19NO/c1-10-5-6-11-9-13(15(17)12(11)8-10)14-4-2-3-7-16-14/h5-6,8,13-14,16H,2-4,7,9H2,1H3. The molecule has 0 radical (unpaired) electrons. The van der Waals surface area contributed by atoms with E-state index in [9.17, 15) is 4.79 Å². The molecule has 0 bridgehead atoms. The number of nitrogens with one attached hydrogen (secondary N) is 1. The second-order valence-electron chi connectivity index (χ2n) is 5.39. The van der Waals surface area contributed by atoms with Gasteiger partial charge >= 0.3 is 0 Å². The lowest BCUT2D eigenvalue weighted by Gasteiger charge is -2.27. The normalized spacial score (nSPS) is 28.2. The minimum atomic E-state index is 0.187. The van der Waals surface area contributed by atoms with Crippen molar-refractivity contribution in [2.45, 2.75) is 38.6 Å². The Hall–Kier alpha value is -1.15. The van der Waals surface area contributed by atoms with Crippen LogP contribution in [0.5, 0.6) is 0 Å². The maximum absolute atomic E-state index is 12.4. The summed E-state index contributed by atoms with van der Waals surface area (Å²) in [6.45, 7) is 3.13. The minimum Gasteiger partial charge on any atom is -0.313 e. The molecular formula is C15H19NO. The fourth-order valence-corrected chi connectivity index (χ4v) is 3.17. The molecule has 17 heavy (non-hydrogen) atoms. The van der Waals surface area contributed by atoms with Crippen LogP contribution in [0.2, 0.25) is 0 Å². The molecule has 2 atom stereocenters. The first-order valence-corrected chi connectivity index (χ1v) is 6.63. The number of carbonyl (C=O) groups excluding carboxylic acids is 1. The van der Waals surface area contributed by atoms with E-state index in [-0.39, 0.29) is 5.92 Å². The van der Waals surface area contributed by atoms with Crippen molar-refractivity contribution in [1.29, 1.82) is 0 Å². The summed E-state index contributed by atoms with van der Waals surface area (Å²) in [6.07, 6.45) is 4.61. The van der Waals surface area contributed by atoms with Gasteiger partial charge < -0.3 is 5.32 Å². The van der Waals surface area contributed by atoms with E-state index in [1.807, 2.05) is 0 Å². The smallest absolute Gasteiger partial charge is 0.168 e. The maximum atomic E-state index is 12.4. The van der Waals surface area contributed by atoms with Gasteiger partial charge in [-0.1, -0.05) is 24.1 Å². The Morgan fingerprint density at radius 2 is 2.18 bits per heavy atom. The maximum Gasteiger partial charge on any atom is 0.168 e. The molecule has 1 aromatic carbocycles. The molecule has 2 aliphatic rings. The Bertz CT molecular complexity index is 446. The summed E-state index contributed by atoms with van der Waals surface area (Å²) in [4.78, 5) is 12.4. The molecule has 1 fully saturated rings. The minimum absolute atomic E-state index is 0.187. The first-order valence-electron chi connectivity index (χ1n) is 6.63. The molecule has 90 valence electrons. The molecule has 1 aromatic rings. The summed E-state index contributed by atoms with van der Waals surface area (Å²) in [6, 6.07) is 6.71. The van der Waals surface area contributed by atoms with E-state index in [1.165, 1.54) is 24.0 Å². The second-order valence-corrected chi connectivity index (χ2v) is 5.39. The summed E-state index contributed by atoms with van der Waals surface area (Å²) < 4.78 is 0. The summed E-state index contributed by atoms with van der Waals surface area (Å²) in [5.74, 6) is 0.551. The van der Waals surface area contributed by atoms with E-state index in [1.54, 1.807) is 0 Å². The highest BCUT2D eigenvalue weighted by atomic mass is 16.1. The quantitative estimate of drug-likeness (QED) is 0.801.